The highest BCUT2D eigenvalue weighted by Crippen LogP contribution is 2.11. The molecule has 5 heteroatoms. The van der Waals surface area contributed by atoms with Crippen molar-refractivity contribution in [2.45, 2.75) is 32.9 Å². The molecule has 1 aromatic heterocycles. The van der Waals surface area contributed by atoms with Crippen LogP contribution >= 0.6 is 0 Å². The molecule has 0 spiro atoms. The Balaban J connectivity index is 1.85. The predicted octanol–water partition coefficient (Wildman–Crippen LogP) is 3.30. The third-order valence-corrected chi connectivity index (χ3v) is 3.59. The van der Waals surface area contributed by atoms with Gasteiger partial charge in [0.25, 0.3) is 0 Å². The van der Waals surface area contributed by atoms with Gasteiger partial charge in [-0.15, -0.1) is 0 Å². The Morgan fingerprint density at radius 3 is 2.62 bits per heavy atom. The van der Waals surface area contributed by atoms with Crippen LogP contribution in [0.2, 0.25) is 0 Å². The van der Waals surface area contributed by atoms with Crippen LogP contribution in [0.15, 0.2) is 53.7 Å². The number of hydrogen-bond donors (Lipinski definition) is 2. The number of rotatable bonds is 7. The first-order chi connectivity index (χ1) is 11.7. The van der Waals surface area contributed by atoms with Gasteiger partial charge in [0.15, 0.2) is 5.96 Å². The maximum Gasteiger partial charge on any atom is 0.213 e. The van der Waals surface area contributed by atoms with Crippen LogP contribution in [-0.4, -0.2) is 24.6 Å². The Morgan fingerprint density at radius 2 is 2.00 bits per heavy atom. The standard InChI is InChI=1S/C19H26N4O/c1-4-12-24-18-11-10-16(13-21-18)14-22-19(20-3)23-15(2)17-8-6-5-7-9-17/h5-11,13,15H,4,12,14H2,1-3H3,(H2,20,22,23). The van der Waals surface area contributed by atoms with Crippen LogP contribution in [0.4, 0.5) is 0 Å². The number of aromatic nitrogens is 1. The predicted molar refractivity (Wildman–Crippen MR) is 98.2 cm³/mol. The molecule has 2 rings (SSSR count). The minimum atomic E-state index is 0.181. The smallest absolute Gasteiger partial charge is 0.213 e. The van der Waals surface area contributed by atoms with Crippen LogP contribution < -0.4 is 15.4 Å². The van der Waals surface area contributed by atoms with Crippen molar-refractivity contribution < 1.29 is 4.74 Å². The summed E-state index contributed by atoms with van der Waals surface area (Å²) < 4.78 is 5.49. The van der Waals surface area contributed by atoms with Crippen LogP contribution in [0.1, 0.15) is 37.4 Å². The molecular weight excluding hydrogens is 300 g/mol. The lowest BCUT2D eigenvalue weighted by Gasteiger charge is -2.18. The number of pyridine rings is 1. The van der Waals surface area contributed by atoms with Crippen molar-refractivity contribution in [1.29, 1.82) is 0 Å². The highest BCUT2D eigenvalue weighted by Gasteiger charge is 2.07. The van der Waals surface area contributed by atoms with Gasteiger partial charge in [-0.25, -0.2) is 4.98 Å². The summed E-state index contributed by atoms with van der Waals surface area (Å²) in [5, 5.41) is 6.69. The summed E-state index contributed by atoms with van der Waals surface area (Å²) in [7, 11) is 1.77. The molecule has 0 fully saturated rings. The summed E-state index contributed by atoms with van der Waals surface area (Å²) in [5.74, 6) is 1.43. The van der Waals surface area contributed by atoms with E-state index in [4.69, 9.17) is 4.74 Å². The fourth-order valence-electron chi connectivity index (χ4n) is 2.22. The molecule has 1 aromatic carbocycles. The minimum absolute atomic E-state index is 0.181. The third-order valence-electron chi connectivity index (χ3n) is 3.59. The van der Waals surface area contributed by atoms with E-state index < -0.39 is 0 Å². The number of ether oxygens (including phenoxy) is 1. The Bertz CT molecular complexity index is 626. The van der Waals surface area contributed by atoms with Crippen LogP contribution in [0, 0.1) is 0 Å². The number of aliphatic imine (C=N–C) groups is 1. The zero-order valence-electron chi connectivity index (χ0n) is 14.6. The summed E-state index contributed by atoms with van der Waals surface area (Å²) >= 11 is 0. The van der Waals surface area contributed by atoms with Gasteiger partial charge in [0.2, 0.25) is 5.88 Å². The molecule has 0 aliphatic heterocycles. The first-order valence-electron chi connectivity index (χ1n) is 8.32. The van der Waals surface area contributed by atoms with Crippen molar-refractivity contribution in [2.75, 3.05) is 13.7 Å². The highest BCUT2D eigenvalue weighted by atomic mass is 16.5. The molecule has 5 nitrogen and oxygen atoms in total. The van der Waals surface area contributed by atoms with Gasteiger partial charge < -0.3 is 15.4 Å². The monoisotopic (exact) mass is 326 g/mol. The van der Waals surface area contributed by atoms with E-state index in [0.717, 1.165) is 17.9 Å². The first kappa shape index (κ1) is 17.8. The van der Waals surface area contributed by atoms with Crippen molar-refractivity contribution >= 4 is 5.96 Å². The fourth-order valence-corrected chi connectivity index (χ4v) is 2.22. The fraction of sp³-hybridized carbons (Fsp3) is 0.368. The first-order valence-corrected chi connectivity index (χ1v) is 8.32. The summed E-state index contributed by atoms with van der Waals surface area (Å²) in [4.78, 5) is 8.58. The van der Waals surface area contributed by atoms with Crippen LogP contribution in [-0.2, 0) is 6.54 Å². The van der Waals surface area contributed by atoms with Crippen LogP contribution in [0.25, 0.3) is 0 Å². The van der Waals surface area contributed by atoms with E-state index in [1.54, 1.807) is 7.05 Å². The molecular formula is C19H26N4O. The molecule has 128 valence electrons. The second-order valence-electron chi connectivity index (χ2n) is 5.56. The van der Waals surface area contributed by atoms with Gasteiger partial charge >= 0.3 is 0 Å². The number of benzene rings is 1. The molecule has 24 heavy (non-hydrogen) atoms. The van der Waals surface area contributed by atoms with Crippen molar-refractivity contribution in [1.82, 2.24) is 15.6 Å². The summed E-state index contributed by atoms with van der Waals surface area (Å²) in [6, 6.07) is 14.4. The van der Waals surface area contributed by atoms with E-state index in [9.17, 15) is 0 Å². The summed E-state index contributed by atoms with van der Waals surface area (Å²) in [5.41, 5.74) is 2.30. The normalized spacial score (nSPS) is 12.5. The van der Waals surface area contributed by atoms with Gasteiger partial charge in [-0.3, -0.25) is 4.99 Å². The maximum absolute atomic E-state index is 5.49. The van der Waals surface area contributed by atoms with Crippen LogP contribution in [0.5, 0.6) is 5.88 Å². The quantitative estimate of drug-likeness (QED) is 0.605. The van der Waals surface area contributed by atoms with Crippen molar-refractivity contribution in [3.63, 3.8) is 0 Å². The molecule has 0 amide bonds. The zero-order chi connectivity index (χ0) is 17.2. The van der Waals surface area contributed by atoms with Gasteiger partial charge in [-0.05, 0) is 24.5 Å². The lowest BCUT2D eigenvalue weighted by atomic mass is 10.1. The zero-order valence-corrected chi connectivity index (χ0v) is 14.6. The molecule has 0 radical (unpaired) electrons. The number of nitrogens with one attached hydrogen (secondary N) is 2. The molecule has 2 N–H and O–H groups in total. The van der Waals surface area contributed by atoms with Gasteiger partial charge in [0.1, 0.15) is 0 Å². The lowest BCUT2D eigenvalue weighted by Crippen LogP contribution is -2.38. The van der Waals surface area contributed by atoms with Gasteiger partial charge in [-0.2, -0.15) is 0 Å². The Kier molecular flexibility index (Phi) is 7.08. The highest BCUT2D eigenvalue weighted by molar-refractivity contribution is 5.80. The molecule has 1 heterocycles. The largest absolute Gasteiger partial charge is 0.478 e. The van der Waals surface area contributed by atoms with E-state index >= 15 is 0 Å². The van der Waals surface area contributed by atoms with E-state index in [0.29, 0.717) is 19.0 Å². The second kappa shape index (κ2) is 9.55. The molecule has 0 saturated heterocycles. The molecule has 0 aliphatic carbocycles. The third kappa shape index (κ3) is 5.57. The van der Waals surface area contributed by atoms with E-state index in [2.05, 4.69) is 46.6 Å². The lowest BCUT2D eigenvalue weighted by molar-refractivity contribution is 0.305. The van der Waals surface area contributed by atoms with Crippen molar-refractivity contribution in [3.05, 3.63) is 59.8 Å². The molecule has 0 aliphatic rings. The molecule has 1 atom stereocenters. The topological polar surface area (TPSA) is 58.5 Å². The SMILES string of the molecule is CCCOc1ccc(CNC(=NC)NC(C)c2ccccc2)cn1. The minimum Gasteiger partial charge on any atom is -0.478 e. The molecule has 0 bridgehead atoms. The van der Waals surface area contributed by atoms with Gasteiger partial charge in [0, 0.05) is 25.9 Å². The number of nitrogens with zero attached hydrogens (tertiary/aromatic N) is 2. The van der Waals surface area contributed by atoms with E-state index in [1.165, 1.54) is 5.56 Å². The van der Waals surface area contributed by atoms with Crippen molar-refractivity contribution in [2.24, 2.45) is 4.99 Å². The Hall–Kier alpha value is -2.56. The van der Waals surface area contributed by atoms with Gasteiger partial charge in [0.05, 0.1) is 12.6 Å². The molecule has 1 unspecified atom stereocenters. The molecule has 2 aromatic rings. The Morgan fingerprint density at radius 1 is 1.21 bits per heavy atom. The van der Waals surface area contributed by atoms with E-state index in [-0.39, 0.29) is 6.04 Å². The number of hydrogen-bond acceptors (Lipinski definition) is 3. The summed E-state index contributed by atoms with van der Waals surface area (Å²) in [6.07, 6.45) is 2.80. The second-order valence-corrected chi connectivity index (χ2v) is 5.56. The van der Waals surface area contributed by atoms with Gasteiger partial charge in [-0.1, -0.05) is 43.3 Å². The van der Waals surface area contributed by atoms with E-state index in [1.807, 2.05) is 36.5 Å². The molecule has 0 saturated carbocycles. The maximum atomic E-state index is 5.49. The average Bonchev–Trinajstić information content (AvgIpc) is 2.64. The van der Waals surface area contributed by atoms with Crippen molar-refractivity contribution in [3.8, 4) is 5.88 Å². The average molecular weight is 326 g/mol. The van der Waals surface area contributed by atoms with Crippen LogP contribution in [0.3, 0.4) is 0 Å². The summed E-state index contributed by atoms with van der Waals surface area (Å²) in [6.45, 7) is 5.54. The number of guanidine groups is 1. The Labute approximate surface area is 144 Å².